The van der Waals surface area contributed by atoms with Crippen molar-refractivity contribution >= 4 is 22.6 Å². The smallest absolute Gasteiger partial charge is 0.0235 e. The molecule has 2 atom stereocenters. The Hall–Kier alpha value is 0.690. The van der Waals surface area contributed by atoms with Crippen LogP contribution in [0.25, 0.3) is 0 Å². The van der Waals surface area contributed by atoms with E-state index in [1.54, 1.807) is 0 Å². The molecule has 1 nitrogen and oxygen atoms in total. The maximum absolute atomic E-state index is 5.75. The largest absolute Gasteiger partial charge is 0.327 e. The Morgan fingerprint density at radius 2 is 1.62 bits per heavy atom. The van der Waals surface area contributed by atoms with Gasteiger partial charge in [-0.05, 0) is 5.92 Å². The van der Waals surface area contributed by atoms with Gasteiger partial charge in [0.25, 0.3) is 0 Å². The molecule has 50 valence electrons. The van der Waals surface area contributed by atoms with E-state index in [2.05, 4.69) is 43.4 Å². The minimum absolute atomic E-state index is 0.357. The van der Waals surface area contributed by atoms with Gasteiger partial charge in [-0.15, -0.1) is 0 Å². The lowest BCUT2D eigenvalue weighted by Gasteiger charge is -2.17. The van der Waals surface area contributed by atoms with Crippen LogP contribution in [-0.2, 0) is 0 Å². The predicted octanol–water partition coefficient (Wildman–Crippen LogP) is 1.79. The van der Waals surface area contributed by atoms with E-state index in [-0.39, 0.29) is 0 Å². The molecule has 0 aliphatic carbocycles. The van der Waals surface area contributed by atoms with Crippen molar-refractivity contribution < 1.29 is 0 Å². The van der Waals surface area contributed by atoms with Crippen molar-refractivity contribution in [2.75, 3.05) is 0 Å². The second-order valence-corrected chi connectivity index (χ2v) is 4.46. The molecule has 0 aromatic carbocycles. The summed E-state index contributed by atoms with van der Waals surface area (Å²) in [4.78, 5) is 0. The normalized spacial score (nSPS) is 18.8. The Kier molecular flexibility index (Phi) is 3.98. The van der Waals surface area contributed by atoms with Gasteiger partial charge in [0.2, 0.25) is 0 Å². The third-order valence-electron chi connectivity index (χ3n) is 1.30. The Labute approximate surface area is 65.2 Å². The number of hydrogen-bond donors (Lipinski definition) is 1. The molecule has 0 amide bonds. The third-order valence-corrected chi connectivity index (χ3v) is 2.13. The summed E-state index contributed by atoms with van der Waals surface area (Å²) in [5.41, 5.74) is 5.75. The predicted molar refractivity (Wildman–Crippen MR) is 46.3 cm³/mol. The maximum Gasteiger partial charge on any atom is 0.0235 e. The second-order valence-electron chi connectivity index (χ2n) is 2.50. The zero-order valence-electron chi connectivity index (χ0n) is 5.69. The number of rotatable bonds is 2. The number of alkyl halides is 1. The van der Waals surface area contributed by atoms with Crippen molar-refractivity contribution in [3.63, 3.8) is 0 Å². The highest BCUT2D eigenvalue weighted by atomic mass is 127. The van der Waals surface area contributed by atoms with E-state index in [0.29, 0.717) is 15.9 Å². The molecule has 2 heteroatoms. The highest BCUT2D eigenvalue weighted by Crippen LogP contribution is 2.10. The van der Waals surface area contributed by atoms with Gasteiger partial charge in [-0.3, -0.25) is 0 Å². The first kappa shape index (κ1) is 8.69. The fraction of sp³-hybridized carbons (Fsp3) is 1.00. The summed E-state index contributed by atoms with van der Waals surface area (Å²) in [6.45, 7) is 6.45. The SMILES string of the molecule is CC(C)C(N)C(C)I. The second kappa shape index (κ2) is 3.67. The molecule has 0 aromatic heterocycles. The molecule has 0 saturated carbocycles. The van der Waals surface area contributed by atoms with Crippen molar-refractivity contribution in [1.29, 1.82) is 0 Å². The average Bonchev–Trinajstić information content (AvgIpc) is 1.64. The number of nitrogens with two attached hydrogens (primary N) is 1. The molecule has 0 saturated heterocycles. The minimum atomic E-state index is 0.357. The van der Waals surface area contributed by atoms with Crippen LogP contribution in [0.15, 0.2) is 0 Å². The van der Waals surface area contributed by atoms with E-state index in [1.165, 1.54) is 0 Å². The van der Waals surface area contributed by atoms with E-state index in [4.69, 9.17) is 5.73 Å². The standard InChI is InChI=1S/C6H14IN/c1-4(2)6(8)5(3)7/h4-6H,8H2,1-3H3. The third kappa shape index (κ3) is 2.87. The van der Waals surface area contributed by atoms with Crippen molar-refractivity contribution in [1.82, 2.24) is 0 Å². The van der Waals surface area contributed by atoms with Crippen LogP contribution in [0.5, 0.6) is 0 Å². The molecule has 0 fully saturated rings. The van der Waals surface area contributed by atoms with E-state index in [0.717, 1.165) is 0 Å². The fourth-order valence-corrected chi connectivity index (χ4v) is 1.36. The molecule has 0 aliphatic rings. The molecule has 0 radical (unpaired) electrons. The summed E-state index contributed by atoms with van der Waals surface area (Å²) in [5.74, 6) is 0.613. The van der Waals surface area contributed by atoms with Crippen LogP contribution in [0.2, 0.25) is 0 Å². The molecule has 2 unspecified atom stereocenters. The summed E-state index contributed by atoms with van der Waals surface area (Å²) in [7, 11) is 0. The van der Waals surface area contributed by atoms with Gasteiger partial charge >= 0.3 is 0 Å². The van der Waals surface area contributed by atoms with Crippen LogP contribution in [-0.4, -0.2) is 9.97 Å². The van der Waals surface area contributed by atoms with Crippen LogP contribution in [0.4, 0.5) is 0 Å². The van der Waals surface area contributed by atoms with Gasteiger partial charge in [-0.2, -0.15) is 0 Å². The number of hydrogen-bond acceptors (Lipinski definition) is 1. The van der Waals surface area contributed by atoms with Crippen LogP contribution in [0.3, 0.4) is 0 Å². The van der Waals surface area contributed by atoms with E-state index < -0.39 is 0 Å². The van der Waals surface area contributed by atoms with E-state index >= 15 is 0 Å². The molecule has 2 N–H and O–H groups in total. The van der Waals surface area contributed by atoms with E-state index in [9.17, 15) is 0 Å². The monoisotopic (exact) mass is 227 g/mol. The van der Waals surface area contributed by atoms with Gasteiger partial charge in [-0.1, -0.05) is 43.4 Å². The first-order valence-electron chi connectivity index (χ1n) is 2.95. The maximum atomic E-state index is 5.75. The summed E-state index contributed by atoms with van der Waals surface area (Å²) in [5, 5.41) is 0. The van der Waals surface area contributed by atoms with Gasteiger partial charge in [0.15, 0.2) is 0 Å². The Morgan fingerprint density at radius 1 is 1.25 bits per heavy atom. The van der Waals surface area contributed by atoms with Crippen molar-refractivity contribution in [2.45, 2.75) is 30.7 Å². The van der Waals surface area contributed by atoms with Crippen molar-refractivity contribution in [2.24, 2.45) is 11.7 Å². The zero-order chi connectivity index (χ0) is 6.73. The Balaban J connectivity index is 3.46. The zero-order valence-corrected chi connectivity index (χ0v) is 7.84. The summed E-state index contributed by atoms with van der Waals surface area (Å²) >= 11 is 2.36. The topological polar surface area (TPSA) is 26.0 Å². The number of halogens is 1. The summed E-state index contributed by atoms with van der Waals surface area (Å²) < 4.78 is 0.590. The molecular formula is C6H14IN. The highest BCUT2D eigenvalue weighted by Gasteiger charge is 2.11. The molecule has 0 heterocycles. The van der Waals surface area contributed by atoms with E-state index in [1.807, 2.05) is 0 Å². The lowest BCUT2D eigenvalue weighted by molar-refractivity contribution is 0.498. The van der Waals surface area contributed by atoms with Gasteiger partial charge in [0.1, 0.15) is 0 Å². The molecule has 0 bridgehead atoms. The van der Waals surface area contributed by atoms with Crippen molar-refractivity contribution in [3.8, 4) is 0 Å². The van der Waals surface area contributed by atoms with Crippen LogP contribution in [0.1, 0.15) is 20.8 Å². The van der Waals surface area contributed by atoms with Crippen LogP contribution < -0.4 is 5.73 Å². The van der Waals surface area contributed by atoms with Gasteiger partial charge in [0.05, 0.1) is 0 Å². The molecule has 0 rings (SSSR count). The van der Waals surface area contributed by atoms with Crippen molar-refractivity contribution in [3.05, 3.63) is 0 Å². The van der Waals surface area contributed by atoms with Gasteiger partial charge < -0.3 is 5.73 Å². The minimum Gasteiger partial charge on any atom is -0.327 e. The summed E-state index contributed by atoms with van der Waals surface area (Å²) in [6, 6.07) is 0.357. The fourth-order valence-electron chi connectivity index (χ4n) is 0.530. The lowest BCUT2D eigenvalue weighted by atomic mass is 10.0. The van der Waals surface area contributed by atoms with Crippen LogP contribution >= 0.6 is 22.6 Å². The highest BCUT2D eigenvalue weighted by molar-refractivity contribution is 14.1. The van der Waals surface area contributed by atoms with Gasteiger partial charge in [0, 0.05) is 9.97 Å². The Morgan fingerprint density at radius 3 is 1.62 bits per heavy atom. The Bertz CT molecular complexity index is 53.5. The quantitative estimate of drug-likeness (QED) is 0.564. The molecule has 0 aromatic rings. The first-order valence-corrected chi connectivity index (χ1v) is 4.20. The average molecular weight is 227 g/mol. The molecular weight excluding hydrogens is 213 g/mol. The first-order chi connectivity index (χ1) is 3.55. The summed E-state index contributed by atoms with van der Waals surface area (Å²) in [6.07, 6.45) is 0. The lowest BCUT2D eigenvalue weighted by Crippen LogP contribution is -2.33. The molecule has 8 heavy (non-hydrogen) atoms. The van der Waals surface area contributed by atoms with Crippen LogP contribution in [0, 0.1) is 5.92 Å². The molecule has 0 aliphatic heterocycles. The van der Waals surface area contributed by atoms with Gasteiger partial charge in [-0.25, -0.2) is 0 Å². The molecule has 0 spiro atoms.